The van der Waals surface area contributed by atoms with E-state index in [2.05, 4.69) is 0 Å². The first-order valence-electron chi connectivity index (χ1n) is 9.06. The molecule has 2 atom stereocenters. The van der Waals surface area contributed by atoms with Gasteiger partial charge >= 0.3 is 0 Å². The molecule has 3 rings (SSSR count). The van der Waals surface area contributed by atoms with Crippen molar-refractivity contribution in [3.8, 4) is 5.75 Å². The fourth-order valence-corrected chi connectivity index (χ4v) is 3.29. The van der Waals surface area contributed by atoms with Gasteiger partial charge < -0.3 is 19.5 Å². The van der Waals surface area contributed by atoms with Crippen LogP contribution in [-0.4, -0.2) is 48.4 Å². The molecule has 0 aliphatic carbocycles. The third-order valence-electron chi connectivity index (χ3n) is 4.51. The highest BCUT2D eigenvalue weighted by atomic mass is 16.5. The van der Waals surface area contributed by atoms with Gasteiger partial charge in [0.2, 0.25) is 0 Å². The Balaban J connectivity index is 1.94. The van der Waals surface area contributed by atoms with Crippen LogP contribution in [0.15, 0.2) is 54.6 Å². The van der Waals surface area contributed by atoms with Crippen molar-refractivity contribution in [2.45, 2.75) is 25.5 Å². The number of carbonyl (C=O) groups is 1. The Bertz CT molecular complexity index is 719. The highest BCUT2D eigenvalue weighted by Gasteiger charge is 2.37. The lowest BCUT2D eigenvalue weighted by atomic mass is 9.97. The zero-order valence-electron chi connectivity index (χ0n) is 15.0. The molecule has 0 saturated carbocycles. The number of rotatable bonds is 6. The van der Waals surface area contributed by atoms with Crippen LogP contribution in [0.25, 0.3) is 0 Å². The summed E-state index contributed by atoms with van der Waals surface area (Å²) in [5.74, 6) is 0.491. The zero-order valence-corrected chi connectivity index (χ0v) is 15.0. The number of hydrogen-bond donors (Lipinski definition) is 1. The van der Waals surface area contributed by atoms with E-state index in [9.17, 15) is 9.90 Å². The van der Waals surface area contributed by atoms with Gasteiger partial charge in [0.25, 0.3) is 5.91 Å². The first kappa shape index (κ1) is 18.4. The van der Waals surface area contributed by atoms with Crippen molar-refractivity contribution >= 4 is 5.91 Å². The van der Waals surface area contributed by atoms with Crippen LogP contribution in [0.5, 0.6) is 5.75 Å². The van der Waals surface area contributed by atoms with Crippen LogP contribution in [-0.2, 0) is 4.74 Å². The quantitative estimate of drug-likeness (QED) is 0.865. The van der Waals surface area contributed by atoms with Gasteiger partial charge in [-0.15, -0.1) is 0 Å². The van der Waals surface area contributed by atoms with Crippen molar-refractivity contribution < 1.29 is 19.4 Å². The summed E-state index contributed by atoms with van der Waals surface area (Å²) in [7, 11) is 0. The Morgan fingerprint density at radius 1 is 1.19 bits per heavy atom. The van der Waals surface area contributed by atoms with Crippen molar-refractivity contribution in [1.29, 1.82) is 0 Å². The number of para-hydroxylation sites is 1. The van der Waals surface area contributed by atoms with Crippen molar-refractivity contribution in [3.63, 3.8) is 0 Å². The molecule has 138 valence electrons. The summed E-state index contributed by atoms with van der Waals surface area (Å²) in [5, 5.41) is 9.78. The molecule has 1 N–H and O–H groups in total. The number of carbonyl (C=O) groups excluding carboxylic acids is 1. The maximum Gasteiger partial charge on any atom is 0.258 e. The van der Waals surface area contributed by atoms with Crippen molar-refractivity contribution in [1.82, 2.24) is 4.90 Å². The second-order valence-electron chi connectivity index (χ2n) is 6.29. The van der Waals surface area contributed by atoms with Crippen LogP contribution in [0.3, 0.4) is 0 Å². The van der Waals surface area contributed by atoms with Crippen LogP contribution in [0.2, 0.25) is 0 Å². The molecule has 1 aliphatic rings. The lowest BCUT2D eigenvalue weighted by Crippen LogP contribution is -2.49. The first-order chi connectivity index (χ1) is 12.8. The summed E-state index contributed by atoms with van der Waals surface area (Å²) in [6.07, 6.45) is 0.429. The smallest absolute Gasteiger partial charge is 0.258 e. The Morgan fingerprint density at radius 2 is 1.92 bits per heavy atom. The molecule has 0 unspecified atom stereocenters. The average Bonchev–Trinajstić information content (AvgIpc) is 2.72. The summed E-state index contributed by atoms with van der Waals surface area (Å²) in [4.78, 5) is 15.1. The standard InChI is InChI=1S/C21H25NO4/c1-2-13-25-18-11-7-6-10-17(18)21(24)22-12-14-26-19(15-23)20(22)16-8-4-3-5-9-16/h3-11,19-20,23H,2,12-15H2,1H3/t19-,20-/m1/s1. The van der Waals surface area contributed by atoms with E-state index in [1.165, 1.54) is 0 Å². The minimum atomic E-state index is -0.446. The molecule has 2 aromatic rings. The maximum absolute atomic E-state index is 13.3. The van der Waals surface area contributed by atoms with Crippen molar-refractivity contribution in [2.24, 2.45) is 0 Å². The molecule has 1 aliphatic heterocycles. The van der Waals surface area contributed by atoms with Gasteiger partial charge in [-0.25, -0.2) is 0 Å². The van der Waals surface area contributed by atoms with Crippen LogP contribution < -0.4 is 4.74 Å². The molecule has 1 fully saturated rings. The Morgan fingerprint density at radius 3 is 2.65 bits per heavy atom. The molecule has 5 nitrogen and oxygen atoms in total. The number of morpholine rings is 1. The molecule has 0 radical (unpaired) electrons. The third kappa shape index (κ3) is 3.89. The van der Waals surface area contributed by atoms with Crippen LogP contribution >= 0.6 is 0 Å². The maximum atomic E-state index is 13.3. The zero-order chi connectivity index (χ0) is 18.4. The lowest BCUT2D eigenvalue weighted by molar-refractivity contribution is -0.0812. The molecule has 0 aromatic heterocycles. The number of aliphatic hydroxyl groups is 1. The van der Waals surface area contributed by atoms with Gasteiger partial charge in [-0.05, 0) is 24.1 Å². The highest BCUT2D eigenvalue weighted by molar-refractivity contribution is 5.97. The van der Waals surface area contributed by atoms with Crippen LogP contribution in [0.1, 0.15) is 35.3 Å². The number of ether oxygens (including phenoxy) is 2. The van der Waals surface area contributed by atoms with E-state index in [1.54, 1.807) is 11.0 Å². The second kappa shape index (κ2) is 8.83. The summed E-state index contributed by atoms with van der Waals surface area (Å²) in [6.45, 7) is 3.32. The molecular weight excluding hydrogens is 330 g/mol. The van der Waals surface area contributed by atoms with E-state index in [0.717, 1.165) is 12.0 Å². The van der Waals surface area contributed by atoms with E-state index in [4.69, 9.17) is 9.47 Å². The average molecular weight is 355 g/mol. The van der Waals surface area contributed by atoms with Crippen molar-refractivity contribution in [2.75, 3.05) is 26.4 Å². The number of amides is 1. The van der Waals surface area contributed by atoms with Gasteiger partial charge in [0, 0.05) is 6.54 Å². The van der Waals surface area contributed by atoms with Gasteiger partial charge in [0.15, 0.2) is 0 Å². The predicted molar refractivity (Wildman–Crippen MR) is 99.3 cm³/mol. The molecule has 1 amide bonds. The van der Waals surface area contributed by atoms with E-state index < -0.39 is 6.10 Å². The topological polar surface area (TPSA) is 59.0 Å². The molecule has 5 heteroatoms. The Labute approximate surface area is 154 Å². The summed E-state index contributed by atoms with van der Waals surface area (Å²) in [5.41, 5.74) is 1.49. The van der Waals surface area contributed by atoms with Gasteiger partial charge in [-0.3, -0.25) is 4.79 Å². The van der Waals surface area contributed by atoms with Gasteiger partial charge in [0.1, 0.15) is 11.9 Å². The number of benzene rings is 2. The molecule has 0 spiro atoms. The second-order valence-corrected chi connectivity index (χ2v) is 6.29. The van der Waals surface area contributed by atoms with E-state index in [0.29, 0.717) is 31.1 Å². The van der Waals surface area contributed by atoms with Crippen LogP contribution in [0.4, 0.5) is 0 Å². The van der Waals surface area contributed by atoms with Gasteiger partial charge in [-0.1, -0.05) is 49.4 Å². The van der Waals surface area contributed by atoms with E-state index in [-0.39, 0.29) is 18.6 Å². The number of nitrogens with zero attached hydrogens (tertiary/aromatic N) is 1. The highest BCUT2D eigenvalue weighted by Crippen LogP contribution is 2.32. The number of hydrogen-bond acceptors (Lipinski definition) is 4. The molecule has 2 aromatic carbocycles. The van der Waals surface area contributed by atoms with Crippen LogP contribution in [0, 0.1) is 0 Å². The molecular formula is C21H25NO4. The monoisotopic (exact) mass is 355 g/mol. The van der Waals surface area contributed by atoms with E-state index in [1.807, 2.05) is 55.5 Å². The first-order valence-corrected chi connectivity index (χ1v) is 9.06. The summed E-state index contributed by atoms with van der Waals surface area (Å²) >= 11 is 0. The minimum Gasteiger partial charge on any atom is -0.493 e. The SMILES string of the molecule is CCCOc1ccccc1C(=O)N1CCO[C@H](CO)[C@H]1c1ccccc1. The minimum absolute atomic E-state index is 0.104. The number of aliphatic hydroxyl groups excluding tert-OH is 1. The molecule has 0 bridgehead atoms. The van der Waals surface area contributed by atoms with Gasteiger partial charge in [-0.2, -0.15) is 0 Å². The summed E-state index contributed by atoms with van der Waals surface area (Å²) in [6, 6.07) is 16.7. The van der Waals surface area contributed by atoms with Gasteiger partial charge in [0.05, 0.1) is 31.4 Å². The Hall–Kier alpha value is -2.37. The fraction of sp³-hybridized carbons (Fsp3) is 0.381. The van der Waals surface area contributed by atoms with E-state index >= 15 is 0 Å². The fourth-order valence-electron chi connectivity index (χ4n) is 3.29. The predicted octanol–water partition coefficient (Wildman–Crippen LogP) is 3.05. The largest absolute Gasteiger partial charge is 0.493 e. The summed E-state index contributed by atoms with van der Waals surface area (Å²) < 4.78 is 11.5. The normalized spacial score (nSPS) is 20.0. The molecule has 1 saturated heterocycles. The Kier molecular flexibility index (Phi) is 6.26. The molecule has 26 heavy (non-hydrogen) atoms. The van der Waals surface area contributed by atoms with Crippen molar-refractivity contribution in [3.05, 3.63) is 65.7 Å². The third-order valence-corrected chi connectivity index (χ3v) is 4.51. The lowest BCUT2D eigenvalue weighted by Gasteiger charge is -2.41. The molecule has 1 heterocycles.